The Labute approximate surface area is 188 Å². The van der Waals surface area contributed by atoms with Crippen molar-refractivity contribution in [3.63, 3.8) is 0 Å². The molecule has 0 spiro atoms. The minimum atomic E-state index is 0.749. The lowest BCUT2D eigenvalue weighted by atomic mass is 10.1. The highest BCUT2D eigenvalue weighted by molar-refractivity contribution is 5.83. The van der Waals surface area contributed by atoms with Crippen LogP contribution in [-0.2, 0) is 0 Å². The average Bonchev–Trinajstić information content (AvgIpc) is 3.22. The van der Waals surface area contributed by atoms with E-state index in [1.165, 1.54) is 5.57 Å². The Bertz CT molecular complexity index is 1280. The number of aromatic nitrogens is 3. The van der Waals surface area contributed by atoms with E-state index in [9.17, 15) is 0 Å². The molecule has 5 heteroatoms. The molecule has 0 atom stereocenters. The van der Waals surface area contributed by atoms with Crippen molar-refractivity contribution in [2.45, 2.75) is 20.8 Å². The third-order valence-corrected chi connectivity index (χ3v) is 4.70. The van der Waals surface area contributed by atoms with Crippen LogP contribution >= 0.6 is 0 Å². The molecule has 0 radical (unpaired) electrons. The Kier molecular flexibility index (Phi) is 6.46. The fourth-order valence-corrected chi connectivity index (χ4v) is 3.25. The van der Waals surface area contributed by atoms with E-state index in [2.05, 4.69) is 36.4 Å². The number of anilines is 2. The van der Waals surface area contributed by atoms with Gasteiger partial charge in [0, 0.05) is 17.4 Å². The summed E-state index contributed by atoms with van der Waals surface area (Å²) in [5.41, 5.74) is 5.00. The molecule has 2 heterocycles. The molecule has 0 aliphatic heterocycles. The zero-order valence-electron chi connectivity index (χ0n) is 18.5. The molecule has 4 aromatic rings. The summed E-state index contributed by atoms with van der Waals surface area (Å²) in [6.45, 7) is 6.17. The van der Waals surface area contributed by atoms with E-state index in [0.29, 0.717) is 0 Å². The molecule has 0 fully saturated rings. The van der Waals surface area contributed by atoms with Crippen molar-refractivity contribution in [2.75, 3.05) is 5.32 Å². The van der Waals surface area contributed by atoms with Crippen LogP contribution in [0.4, 0.5) is 11.5 Å². The quantitative estimate of drug-likeness (QED) is 0.320. The summed E-state index contributed by atoms with van der Waals surface area (Å²) >= 11 is 0. The topological polar surface area (TPSA) is 51.5 Å². The van der Waals surface area contributed by atoms with Crippen LogP contribution in [0, 0.1) is 0 Å². The molecule has 0 amide bonds. The number of para-hydroxylation sites is 1. The first kappa shape index (κ1) is 21.1. The van der Waals surface area contributed by atoms with Crippen LogP contribution in [0.25, 0.3) is 11.2 Å². The molecule has 160 valence electrons. The summed E-state index contributed by atoms with van der Waals surface area (Å²) in [6, 6.07) is 19.5. The number of rotatable bonds is 7. The van der Waals surface area contributed by atoms with Crippen LogP contribution in [-0.4, -0.2) is 14.6 Å². The average molecular weight is 423 g/mol. The van der Waals surface area contributed by atoms with E-state index < -0.39 is 0 Å². The van der Waals surface area contributed by atoms with E-state index in [0.717, 1.165) is 39.8 Å². The molecule has 32 heavy (non-hydrogen) atoms. The summed E-state index contributed by atoms with van der Waals surface area (Å²) < 4.78 is 7.66. The first-order chi connectivity index (χ1) is 15.6. The maximum Gasteiger partial charge on any atom is 0.165 e. The summed E-state index contributed by atoms with van der Waals surface area (Å²) in [5.74, 6) is 2.34. The van der Waals surface area contributed by atoms with Crippen molar-refractivity contribution < 1.29 is 4.74 Å². The third kappa shape index (κ3) is 5.13. The smallest absolute Gasteiger partial charge is 0.165 e. The first-order valence-electron chi connectivity index (χ1n) is 10.5. The van der Waals surface area contributed by atoms with Gasteiger partial charge in [0.15, 0.2) is 5.65 Å². The van der Waals surface area contributed by atoms with Crippen molar-refractivity contribution in [1.29, 1.82) is 0 Å². The lowest BCUT2D eigenvalue weighted by Crippen LogP contribution is -1.98. The minimum Gasteiger partial charge on any atom is -0.457 e. The highest BCUT2D eigenvalue weighted by Gasteiger charge is 2.10. The number of nitrogens with one attached hydrogen (secondary N) is 1. The van der Waals surface area contributed by atoms with Crippen molar-refractivity contribution in [3.8, 4) is 11.5 Å². The van der Waals surface area contributed by atoms with E-state index in [1.54, 1.807) is 4.52 Å². The van der Waals surface area contributed by atoms with Gasteiger partial charge < -0.3 is 10.1 Å². The number of nitrogens with zero attached hydrogens (tertiary/aromatic N) is 3. The van der Waals surface area contributed by atoms with Gasteiger partial charge in [-0.2, -0.15) is 5.10 Å². The van der Waals surface area contributed by atoms with E-state index in [-0.39, 0.29) is 0 Å². The fraction of sp³-hybridized carbons (Fsp3) is 0.111. The summed E-state index contributed by atoms with van der Waals surface area (Å²) in [7, 11) is 0. The van der Waals surface area contributed by atoms with Crippen molar-refractivity contribution in [3.05, 3.63) is 108 Å². The van der Waals surface area contributed by atoms with Crippen molar-refractivity contribution >= 4 is 22.7 Å². The fourth-order valence-electron chi connectivity index (χ4n) is 3.25. The predicted molar refractivity (Wildman–Crippen MR) is 131 cm³/mol. The Morgan fingerprint density at radius 1 is 0.969 bits per heavy atom. The number of allylic oxidation sites excluding steroid dienone is 6. The molecule has 0 unspecified atom stereocenters. The Morgan fingerprint density at radius 2 is 1.72 bits per heavy atom. The van der Waals surface area contributed by atoms with Crippen LogP contribution in [0.2, 0.25) is 0 Å². The maximum atomic E-state index is 5.86. The SMILES string of the molecule is C/C=C\C=C(/C=C(C)C)c1cnn2ccc(Nc3ccc(Oc4ccccc4)cc3)nc12. The minimum absolute atomic E-state index is 0.749. The van der Waals surface area contributed by atoms with Gasteiger partial charge in [0.1, 0.15) is 17.3 Å². The number of benzene rings is 2. The Morgan fingerprint density at radius 3 is 2.44 bits per heavy atom. The van der Waals surface area contributed by atoms with Crippen molar-refractivity contribution in [1.82, 2.24) is 14.6 Å². The molecular weight excluding hydrogens is 396 g/mol. The van der Waals surface area contributed by atoms with Gasteiger partial charge in [0.05, 0.1) is 6.20 Å². The number of ether oxygens (including phenoxy) is 1. The summed E-state index contributed by atoms with van der Waals surface area (Å²) in [6.07, 6.45) is 12.0. The maximum absolute atomic E-state index is 5.86. The van der Waals surface area contributed by atoms with E-state index in [1.807, 2.05) is 92.1 Å². The van der Waals surface area contributed by atoms with Gasteiger partial charge in [0.2, 0.25) is 0 Å². The standard InChI is InChI=1S/C27H26N4O/c1-4-5-9-21(18-20(2)3)25-19-28-31-17-16-26(30-27(25)31)29-22-12-14-24(15-13-22)32-23-10-7-6-8-11-23/h4-19H,1-3H3,(H,29,30)/b5-4-,21-9+. The second-order valence-electron chi connectivity index (χ2n) is 7.57. The van der Waals surface area contributed by atoms with Gasteiger partial charge >= 0.3 is 0 Å². The molecule has 2 aromatic heterocycles. The first-order valence-corrected chi connectivity index (χ1v) is 10.5. The largest absolute Gasteiger partial charge is 0.457 e. The predicted octanol–water partition coefficient (Wildman–Crippen LogP) is 7.19. The van der Waals surface area contributed by atoms with Gasteiger partial charge in [-0.3, -0.25) is 0 Å². The Balaban J connectivity index is 1.57. The van der Waals surface area contributed by atoms with Gasteiger partial charge in [-0.1, -0.05) is 48.1 Å². The molecule has 5 nitrogen and oxygen atoms in total. The molecule has 4 rings (SSSR count). The zero-order valence-corrected chi connectivity index (χ0v) is 18.5. The summed E-state index contributed by atoms with van der Waals surface area (Å²) in [5, 5.41) is 7.84. The number of hydrogen-bond acceptors (Lipinski definition) is 4. The van der Waals surface area contributed by atoms with Crippen molar-refractivity contribution in [2.24, 2.45) is 0 Å². The highest BCUT2D eigenvalue weighted by atomic mass is 16.5. The second-order valence-corrected chi connectivity index (χ2v) is 7.57. The monoisotopic (exact) mass is 422 g/mol. The zero-order chi connectivity index (χ0) is 22.3. The molecule has 0 aliphatic rings. The molecule has 0 saturated carbocycles. The Hall–Kier alpha value is -4.12. The van der Waals surface area contributed by atoms with E-state index in [4.69, 9.17) is 9.72 Å². The molecule has 0 aliphatic carbocycles. The van der Waals surface area contributed by atoms with Crippen LogP contribution in [0.15, 0.2) is 103 Å². The van der Waals surface area contributed by atoms with E-state index >= 15 is 0 Å². The normalized spacial score (nSPS) is 11.7. The molecule has 0 saturated heterocycles. The molecule has 1 N–H and O–H groups in total. The number of hydrogen-bond donors (Lipinski definition) is 1. The third-order valence-electron chi connectivity index (χ3n) is 4.70. The van der Waals surface area contributed by atoms with Gasteiger partial charge in [0.25, 0.3) is 0 Å². The number of fused-ring (bicyclic) bond motifs is 1. The molecule has 2 aromatic carbocycles. The summed E-state index contributed by atoms with van der Waals surface area (Å²) in [4.78, 5) is 4.82. The highest BCUT2D eigenvalue weighted by Crippen LogP contribution is 2.26. The molecular formula is C27H26N4O. The molecule has 0 bridgehead atoms. The van der Waals surface area contributed by atoms with Crippen LogP contribution < -0.4 is 10.1 Å². The second kappa shape index (κ2) is 9.79. The van der Waals surface area contributed by atoms with Crippen LogP contribution in [0.3, 0.4) is 0 Å². The lowest BCUT2D eigenvalue weighted by Gasteiger charge is -2.09. The van der Waals surface area contributed by atoms with Gasteiger partial charge in [-0.05, 0) is 68.8 Å². The van der Waals surface area contributed by atoms with Gasteiger partial charge in [-0.15, -0.1) is 0 Å². The van der Waals surface area contributed by atoms with Crippen LogP contribution in [0.1, 0.15) is 26.3 Å². The van der Waals surface area contributed by atoms with Gasteiger partial charge in [-0.25, -0.2) is 9.50 Å². The van der Waals surface area contributed by atoms with Crippen LogP contribution in [0.5, 0.6) is 11.5 Å². The lowest BCUT2D eigenvalue weighted by molar-refractivity contribution is 0.483.